The standard InChI is InChI=1S/C26H40N8O/c1-19-23(30-26(35)31(2)3)6-5-11-34(19)22-16-24(25(17-27)28-18-22)29-20-7-9-21(10-8-20)33-14-12-32(4)13-15-33/h7-10,16,18-19,23,29H,5-6,11-15,17,27H2,1-4H3,(H,30,35)/t19-,23-/m1/s1. The quantitative estimate of drug-likeness (QED) is 0.585. The van der Waals surface area contributed by atoms with Crippen molar-refractivity contribution in [2.24, 2.45) is 5.73 Å². The molecule has 190 valence electrons. The fraction of sp³-hybridized carbons (Fsp3) is 0.538. The van der Waals surface area contributed by atoms with Gasteiger partial charge in [-0.1, -0.05) is 0 Å². The molecule has 2 atom stereocenters. The number of aromatic nitrogens is 1. The Bertz CT molecular complexity index is 987. The summed E-state index contributed by atoms with van der Waals surface area (Å²) in [5, 5.41) is 6.70. The first kappa shape index (κ1) is 25.1. The van der Waals surface area contributed by atoms with Crippen molar-refractivity contribution >= 4 is 28.8 Å². The van der Waals surface area contributed by atoms with Gasteiger partial charge in [-0.25, -0.2) is 4.79 Å². The lowest BCUT2D eigenvalue weighted by atomic mass is 9.97. The monoisotopic (exact) mass is 480 g/mol. The average molecular weight is 481 g/mol. The van der Waals surface area contributed by atoms with E-state index in [2.05, 4.69) is 74.6 Å². The van der Waals surface area contributed by atoms with Crippen molar-refractivity contribution in [1.82, 2.24) is 20.1 Å². The van der Waals surface area contributed by atoms with Gasteiger partial charge in [0.2, 0.25) is 0 Å². The Morgan fingerprint density at radius 2 is 1.83 bits per heavy atom. The average Bonchev–Trinajstić information content (AvgIpc) is 2.86. The van der Waals surface area contributed by atoms with E-state index in [0.29, 0.717) is 6.54 Å². The van der Waals surface area contributed by atoms with E-state index in [1.165, 1.54) is 5.69 Å². The molecule has 9 heteroatoms. The number of carbonyl (C=O) groups is 1. The Labute approximate surface area is 209 Å². The fourth-order valence-corrected chi connectivity index (χ4v) is 4.87. The van der Waals surface area contributed by atoms with E-state index in [4.69, 9.17) is 5.73 Å². The second-order valence-electron chi connectivity index (χ2n) is 9.88. The van der Waals surface area contributed by atoms with Crippen molar-refractivity contribution in [3.05, 3.63) is 42.2 Å². The highest BCUT2D eigenvalue weighted by molar-refractivity contribution is 5.74. The van der Waals surface area contributed by atoms with E-state index in [1.807, 2.05) is 6.20 Å². The largest absolute Gasteiger partial charge is 0.369 e. The van der Waals surface area contributed by atoms with Crippen LogP contribution in [-0.4, -0.2) is 86.8 Å². The van der Waals surface area contributed by atoms with Crippen LogP contribution in [0, 0.1) is 0 Å². The molecule has 0 spiro atoms. The molecule has 2 aromatic rings. The van der Waals surface area contributed by atoms with Crippen LogP contribution in [0.15, 0.2) is 36.5 Å². The van der Waals surface area contributed by atoms with Crippen molar-refractivity contribution in [2.75, 3.05) is 69.0 Å². The van der Waals surface area contributed by atoms with E-state index in [-0.39, 0.29) is 18.1 Å². The van der Waals surface area contributed by atoms with Gasteiger partial charge >= 0.3 is 6.03 Å². The van der Waals surface area contributed by atoms with E-state index in [0.717, 1.165) is 68.3 Å². The van der Waals surface area contributed by atoms with Crippen LogP contribution in [0.3, 0.4) is 0 Å². The minimum Gasteiger partial charge on any atom is -0.369 e. The highest BCUT2D eigenvalue weighted by Crippen LogP contribution is 2.30. The highest BCUT2D eigenvalue weighted by atomic mass is 16.2. The molecule has 0 aliphatic carbocycles. The van der Waals surface area contributed by atoms with Gasteiger partial charge < -0.3 is 36.0 Å². The fourth-order valence-electron chi connectivity index (χ4n) is 4.87. The molecular formula is C26H40N8O. The Morgan fingerprint density at radius 3 is 2.49 bits per heavy atom. The third-order valence-corrected chi connectivity index (χ3v) is 7.20. The minimum atomic E-state index is -0.0531. The molecule has 0 saturated carbocycles. The van der Waals surface area contributed by atoms with Crippen molar-refractivity contribution in [2.45, 2.75) is 38.4 Å². The summed E-state index contributed by atoms with van der Waals surface area (Å²) in [7, 11) is 5.71. The summed E-state index contributed by atoms with van der Waals surface area (Å²) in [6.45, 7) is 7.74. The molecule has 2 saturated heterocycles. The number of amides is 2. The first-order chi connectivity index (χ1) is 16.9. The molecule has 4 rings (SSSR count). The Kier molecular flexibility index (Phi) is 7.97. The third kappa shape index (κ3) is 5.97. The smallest absolute Gasteiger partial charge is 0.317 e. The predicted molar refractivity (Wildman–Crippen MR) is 144 cm³/mol. The molecule has 0 radical (unpaired) electrons. The lowest BCUT2D eigenvalue weighted by Crippen LogP contribution is -2.55. The maximum Gasteiger partial charge on any atom is 0.317 e. The minimum absolute atomic E-state index is 0.0531. The van der Waals surface area contributed by atoms with Gasteiger partial charge in [0.15, 0.2) is 0 Å². The predicted octanol–water partition coefficient (Wildman–Crippen LogP) is 2.66. The van der Waals surface area contributed by atoms with E-state index in [9.17, 15) is 4.79 Å². The number of urea groups is 1. The topological polar surface area (TPSA) is 93.0 Å². The zero-order valence-electron chi connectivity index (χ0n) is 21.5. The zero-order chi connectivity index (χ0) is 24.9. The van der Waals surface area contributed by atoms with Gasteiger partial charge in [0.05, 0.1) is 29.3 Å². The Morgan fingerprint density at radius 1 is 1.11 bits per heavy atom. The molecule has 3 heterocycles. The van der Waals surface area contributed by atoms with Gasteiger partial charge in [-0.2, -0.15) is 0 Å². The van der Waals surface area contributed by atoms with Gasteiger partial charge in [-0.3, -0.25) is 4.98 Å². The van der Waals surface area contributed by atoms with Crippen LogP contribution in [0.4, 0.5) is 27.5 Å². The molecule has 0 unspecified atom stereocenters. The molecule has 4 N–H and O–H groups in total. The lowest BCUT2D eigenvalue weighted by molar-refractivity contribution is 0.207. The molecule has 0 bridgehead atoms. The highest BCUT2D eigenvalue weighted by Gasteiger charge is 2.30. The van der Waals surface area contributed by atoms with Crippen LogP contribution >= 0.6 is 0 Å². The van der Waals surface area contributed by atoms with Gasteiger partial charge in [-0.05, 0) is 57.1 Å². The Balaban J connectivity index is 1.48. The summed E-state index contributed by atoms with van der Waals surface area (Å²) in [5.74, 6) is 0. The second-order valence-corrected chi connectivity index (χ2v) is 9.88. The lowest BCUT2D eigenvalue weighted by Gasteiger charge is -2.41. The first-order valence-electron chi connectivity index (χ1n) is 12.6. The molecule has 9 nitrogen and oxygen atoms in total. The van der Waals surface area contributed by atoms with Crippen molar-refractivity contribution < 1.29 is 4.79 Å². The second kappa shape index (κ2) is 11.1. The molecule has 2 aliphatic rings. The zero-order valence-corrected chi connectivity index (χ0v) is 21.5. The van der Waals surface area contributed by atoms with Crippen LogP contribution in [0.5, 0.6) is 0 Å². The van der Waals surface area contributed by atoms with Crippen LogP contribution < -0.4 is 26.2 Å². The first-order valence-corrected chi connectivity index (χ1v) is 12.6. The molecule has 2 fully saturated rings. The van der Waals surface area contributed by atoms with Crippen LogP contribution in [0.2, 0.25) is 0 Å². The molecular weight excluding hydrogens is 440 g/mol. The number of benzene rings is 1. The van der Waals surface area contributed by atoms with Crippen molar-refractivity contribution in [3.63, 3.8) is 0 Å². The summed E-state index contributed by atoms with van der Waals surface area (Å²) < 4.78 is 0. The molecule has 2 aliphatic heterocycles. The van der Waals surface area contributed by atoms with Crippen LogP contribution in [0.25, 0.3) is 0 Å². The molecule has 1 aromatic heterocycles. The number of anilines is 4. The van der Waals surface area contributed by atoms with E-state index in [1.54, 1.807) is 19.0 Å². The summed E-state index contributed by atoms with van der Waals surface area (Å²) >= 11 is 0. The van der Waals surface area contributed by atoms with E-state index < -0.39 is 0 Å². The summed E-state index contributed by atoms with van der Waals surface area (Å²) in [5.41, 5.74) is 11.1. The number of hydrogen-bond acceptors (Lipinski definition) is 7. The molecule has 2 amide bonds. The summed E-state index contributed by atoms with van der Waals surface area (Å²) in [6.07, 6.45) is 3.88. The maximum absolute atomic E-state index is 12.2. The SMILES string of the molecule is C[C@@H]1[C@H](NC(=O)N(C)C)CCCN1c1cnc(CN)c(Nc2ccc(N3CCN(C)CC3)cc2)c1. The number of pyridine rings is 1. The third-order valence-electron chi connectivity index (χ3n) is 7.20. The number of carbonyl (C=O) groups excluding carboxylic acids is 1. The van der Waals surface area contributed by atoms with E-state index >= 15 is 0 Å². The summed E-state index contributed by atoms with van der Waals surface area (Å²) in [4.78, 5) is 25.6. The van der Waals surface area contributed by atoms with Crippen LogP contribution in [0.1, 0.15) is 25.5 Å². The number of nitrogens with one attached hydrogen (secondary N) is 2. The number of piperidine rings is 1. The molecule has 1 aromatic carbocycles. The number of likely N-dealkylation sites (N-methyl/N-ethyl adjacent to an activating group) is 1. The number of hydrogen-bond donors (Lipinski definition) is 3. The number of rotatable bonds is 6. The van der Waals surface area contributed by atoms with Gasteiger partial charge in [0.1, 0.15) is 0 Å². The number of nitrogens with zero attached hydrogens (tertiary/aromatic N) is 5. The Hall–Kier alpha value is -3.04. The number of nitrogens with two attached hydrogens (primary N) is 1. The molecule has 35 heavy (non-hydrogen) atoms. The maximum atomic E-state index is 12.2. The normalized spacial score (nSPS) is 21.1. The summed E-state index contributed by atoms with van der Waals surface area (Å²) in [6, 6.07) is 10.9. The van der Waals surface area contributed by atoms with Gasteiger partial charge in [0.25, 0.3) is 0 Å². The van der Waals surface area contributed by atoms with Gasteiger partial charge in [0, 0.05) is 70.8 Å². The van der Waals surface area contributed by atoms with Crippen LogP contribution in [-0.2, 0) is 6.54 Å². The van der Waals surface area contributed by atoms with Crippen molar-refractivity contribution in [1.29, 1.82) is 0 Å². The van der Waals surface area contributed by atoms with Gasteiger partial charge in [-0.15, -0.1) is 0 Å². The van der Waals surface area contributed by atoms with Crippen molar-refractivity contribution in [3.8, 4) is 0 Å². The number of piperazine rings is 1.